The fourth-order valence-corrected chi connectivity index (χ4v) is 3.22. The first kappa shape index (κ1) is 12.9. The molecule has 0 radical (unpaired) electrons. The SMILES string of the molecule is Cc1cc(-c2nn(C)c(N)c2-c2cccnc2)sc1C. The summed E-state index contributed by atoms with van der Waals surface area (Å²) in [5, 5.41) is 4.59. The summed E-state index contributed by atoms with van der Waals surface area (Å²) in [6, 6.07) is 6.09. The fraction of sp³-hybridized carbons (Fsp3) is 0.200. The first-order chi connectivity index (χ1) is 9.58. The zero-order chi connectivity index (χ0) is 14.3. The van der Waals surface area contributed by atoms with Gasteiger partial charge in [-0.25, -0.2) is 0 Å². The normalized spacial score (nSPS) is 10.9. The van der Waals surface area contributed by atoms with E-state index in [1.54, 1.807) is 22.2 Å². The molecule has 0 aromatic carbocycles. The second-order valence-electron chi connectivity index (χ2n) is 4.82. The van der Waals surface area contributed by atoms with Gasteiger partial charge in [0.15, 0.2) is 0 Å². The monoisotopic (exact) mass is 284 g/mol. The third kappa shape index (κ3) is 2.00. The molecule has 0 amide bonds. The average Bonchev–Trinajstić information content (AvgIpc) is 2.93. The van der Waals surface area contributed by atoms with Gasteiger partial charge in [0, 0.05) is 29.9 Å². The van der Waals surface area contributed by atoms with Crippen molar-refractivity contribution in [2.24, 2.45) is 7.05 Å². The number of nitrogens with zero attached hydrogens (tertiary/aromatic N) is 3. The molecule has 2 N–H and O–H groups in total. The van der Waals surface area contributed by atoms with Crippen molar-refractivity contribution < 1.29 is 0 Å². The minimum atomic E-state index is 0.664. The van der Waals surface area contributed by atoms with Gasteiger partial charge in [0.2, 0.25) is 0 Å². The lowest BCUT2D eigenvalue weighted by Crippen LogP contribution is -1.98. The van der Waals surface area contributed by atoms with Crippen LogP contribution in [0.15, 0.2) is 30.6 Å². The largest absolute Gasteiger partial charge is 0.383 e. The summed E-state index contributed by atoms with van der Waals surface area (Å²) in [5.41, 5.74) is 10.4. The highest BCUT2D eigenvalue weighted by Crippen LogP contribution is 2.39. The van der Waals surface area contributed by atoms with E-state index in [1.807, 2.05) is 25.4 Å². The Morgan fingerprint density at radius 1 is 1.30 bits per heavy atom. The van der Waals surface area contributed by atoms with Gasteiger partial charge >= 0.3 is 0 Å². The molecule has 0 aliphatic heterocycles. The van der Waals surface area contributed by atoms with Crippen molar-refractivity contribution in [3.8, 4) is 21.7 Å². The molecule has 0 fully saturated rings. The Hall–Kier alpha value is -2.14. The van der Waals surface area contributed by atoms with E-state index in [0.717, 1.165) is 21.7 Å². The summed E-state index contributed by atoms with van der Waals surface area (Å²) >= 11 is 1.75. The second kappa shape index (κ2) is 4.76. The van der Waals surface area contributed by atoms with Crippen LogP contribution in [-0.4, -0.2) is 14.8 Å². The second-order valence-corrected chi connectivity index (χ2v) is 6.08. The molecular weight excluding hydrogens is 268 g/mol. The van der Waals surface area contributed by atoms with Crippen LogP contribution in [0.5, 0.6) is 0 Å². The van der Waals surface area contributed by atoms with Gasteiger partial charge in [0.05, 0.1) is 10.4 Å². The number of aromatic nitrogens is 3. The Balaban J connectivity index is 2.24. The first-order valence-corrected chi connectivity index (χ1v) is 7.20. The third-order valence-electron chi connectivity index (χ3n) is 3.44. The highest BCUT2D eigenvalue weighted by atomic mass is 32.1. The minimum Gasteiger partial charge on any atom is -0.383 e. The first-order valence-electron chi connectivity index (χ1n) is 6.38. The van der Waals surface area contributed by atoms with Crippen LogP contribution >= 0.6 is 11.3 Å². The summed E-state index contributed by atoms with van der Waals surface area (Å²) in [7, 11) is 1.87. The van der Waals surface area contributed by atoms with Crippen molar-refractivity contribution in [1.29, 1.82) is 0 Å². The van der Waals surface area contributed by atoms with Gasteiger partial charge in [0.25, 0.3) is 0 Å². The number of pyridine rings is 1. The predicted molar refractivity (Wildman–Crippen MR) is 83.6 cm³/mol. The van der Waals surface area contributed by atoms with Crippen LogP contribution in [0.4, 0.5) is 5.82 Å². The van der Waals surface area contributed by atoms with Crippen molar-refractivity contribution in [3.63, 3.8) is 0 Å². The molecule has 3 heterocycles. The molecule has 4 nitrogen and oxygen atoms in total. The number of hydrogen-bond acceptors (Lipinski definition) is 4. The molecule has 102 valence electrons. The van der Waals surface area contributed by atoms with Crippen LogP contribution in [0.1, 0.15) is 10.4 Å². The maximum Gasteiger partial charge on any atom is 0.130 e. The Morgan fingerprint density at radius 2 is 2.10 bits per heavy atom. The topological polar surface area (TPSA) is 56.7 Å². The molecule has 0 unspecified atom stereocenters. The molecule has 0 aliphatic carbocycles. The lowest BCUT2D eigenvalue weighted by Gasteiger charge is -2.02. The molecule has 0 bridgehead atoms. The smallest absolute Gasteiger partial charge is 0.130 e. The number of nitrogen functional groups attached to an aromatic ring is 1. The summed E-state index contributed by atoms with van der Waals surface area (Å²) in [6.45, 7) is 4.24. The fourth-order valence-electron chi connectivity index (χ4n) is 2.19. The van der Waals surface area contributed by atoms with Crippen LogP contribution in [0.25, 0.3) is 21.7 Å². The molecule has 0 spiro atoms. The zero-order valence-corrected chi connectivity index (χ0v) is 12.5. The Bertz CT molecular complexity index is 736. The molecule has 3 rings (SSSR count). The van der Waals surface area contributed by atoms with E-state index >= 15 is 0 Å². The van der Waals surface area contributed by atoms with Crippen LogP contribution in [0.3, 0.4) is 0 Å². The average molecular weight is 284 g/mol. The van der Waals surface area contributed by atoms with E-state index in [1.165, 1.54) is 10.4 Å². The maximum atomic E-state index is 6.19. The number of thiophene rings is 1. The van der Waals surface area contributed by atoms with Crippen LogP contribution in [0.2, 0.25) is 0 Å². The standard InChI is InChI=1S/C15H16N4S/c1-9-7-12(20-10(9)2)14-13(15(16)19(3)18-14)11-5-4-6-17-8-11/h4-8H,16H2,1-3H3. The summed E-state index contributed by atoms with van der Waals surface area (Å²) < 4.78 is 1.72. The molecule has 0 saturated carbocycles. The summed E-state index contributed by atoms with van der Waals surface area (Å²) in [6.07, 6.45) is 3.58. The van der Waals surface area contributed by atoms with E-state index in [-0.39, 0.29) is 0 Å². The van der Waals surface area contributed by atoms with Crippen molar-refractivity contribution >= 4 is 17.2 Å². The molecule has 3 aromatic heterocycles. The molecular formula is C15H16N4S. The van der Waals surface area contributed by atoms with Crippen molar-refractivity contribution in [2.45, 2.75) is 13.8 Å². The van der Waals surface area contributed by atoms with Gasteiger partial charge in [-0.1, -0.05) is 6.07 Å². The van der Waals surface area contributed by atoms with Crippen LogP contribution in [0, 0.1) is 13.8 Å². The van der Waals surface area contributed by atoms with Gasteiger partial charge in [0.1, 0.15) is 11.5 Å². The van der Waals surface area contributed by atoms with E-state index < -0.39 is 0 Å². The lowest BCUT2D eigenvalue weighted by atomic mass is 10.1. The molecule has 3 aromatic rings. The van der Waals surface area contributed by atoms with Gasteiger partial charge in [-0.3, -0.25) is 9.67 Å². The van der Waals surface area contributed by atoms with Gasteiger partial charge in [-0.15, -0.1) is 11.3 Å². The minimum absolute atomic E-state index is 0.664. The summed E-state index contributed by atoms with van der Waals surface area (Å²) in [5.74, 6) is 0.664. The van der Waals surface area contributed by atoms with Crippen LogP contribution in [-0.2, 0) is 7.05 Å². The molecule has 20 heavy (non-hydrogen) atoms. The highest BCUT2D eigenvalue weighted by molar-refractivity contribution is 7.15. The van der Waals surface area contributed by atoms with E-state index in [2.05, 4.69) is 30.0 Å². The molecule has 5 heteroatoms. The number of anilines is 1. The predicted octanol–water partition coefficient (Wildman–Crippen LogP) is 3.41. The molecule has 0 aliphatic rings. The number of hydrogen-bond donors (Lipinski definition) is 1. The van der Waals surface area contributed by atoms with Gasteiger partial charge in [-0.05, 0) is 31.5 Å². The Morgan fingerprint density at radius 3 is 2.70 bits per heavy atom. The van der Waals surface area contributed by atoms with Crippen molar-refractivity contribution in [3.05, 3.63) is 41.0 Å². The number of aryl methyl sites for hydroxylation is 3. The number of rotatable bonds is 2. The van der Waals surface area contributed by atoms with Crippen molar-refractivity contribution in [2.75, 3.05) is 5.73 Å². The zero-order valence-electron chi connectivity index (χ0n) is 11.7. The van der Waals surface area contributed by atoms with Gasteiger partial charge < -0.3 is 5.73 Å². The Labute approximate surface area is 121 Å². The maximum absolute atomic E-state index is 6.19. The summed E-state index contributed by atoms with van der Waals surface area (Å²) in [4.78, 5) is 6.63. The highest BCUT2D eigenvalue weighted by Gasteiger charge is 2.19. The quantitative estimate of drug-likeness (QED) is 0.784. The lowest BCUT2D eigenvalue weighted by molar-refractivity contribution is 0.783. The van der Waals surface area contributed by atoms with E-state index in [0.29, 0.717) is 5.82 Å². The van der Waals surface area contributed by atoms with Gasteiger partial charge in [-0.2, -0.15) is 5.10 Å². The van der Waals surface area contributed by atoms with E-state index in [9.17, 15) is 0 Å². The van der Waals surface area contributed by atoms with E-state index in [4.69, 9.17) is 5.73 Å². The Kier molecular flexibility index (Phi) is 3.06. The third-order valence-corrected chi connectivity index (χ3v) is 4.60. The molecule has 0 atom stereocenters. The van der Waals surface area contributed by atoms with Crippen molar-refractivity contribution in [1.82, 2.24) is 14.8 Å². The number of nitrogens with two attached hydrogens (primary N) is 1. The molecule has 0 saturated heterocycles. The van der Waals surface area contributed by atoms with Crippen LogP contribution < -0.4 is 5.73 Å².